The molecule has 2 aliphatic heterocycles. The third-order valence-corrected chi connectivity index (χ3v) is 6.26. The monoisotopic (exact) mass is 275 g/mol. The smallest absolute Gasteiger partial charge is 0.220 e. The summed E-state index contributed by atoms with van der Waals surface area (Å²) in [5.41, 5.74) is 1.51. The highest BCUT2D eigenvalue weighted by atomic mass is 32.2. The zero-order valence-corrected chi connectivity index (χ0v) is 12.2. The van der Waals surface area contributed by atoms with E-state index >= 15 is 0 Å². The Morgan fingerprint density at radius 3 is 2.89 bits per heavy atom. The number of rotatable bonds is 2. The van der Waals surface area contributed by atoms with Gasteiger partial charge in [-0.15, -0.1) is 0 Å². The van der Waals surface area contributed by atoms with Gasteiger partial charge in [0.15, 0.2) is 0 Å². The number of benzene rings is 1. The van der Waals surface area contributed by atoms with Crippen molar-refractivity contribution in [3.63, 3.8) is 0 Å². The first-order chi connectivity index (χ1) is 9.21. The molecule has 1 aromatic rings. The molecule has 3 rings (SSSR count). The van der Waals surface area contributed by atoms with Crippen LogP contribution in [0.25, 0.3) is 0 Å². The molecule has 2 heterocycles. The normalized spacial score (nSPS) is 34.5. The lowest BCUT2D eigenvalue weighted by Gasteiger charge is -2.42. The van der Waals surface area contributed by atoms with E-state index in [1.165, 1.54) is 24.2 Å². The number of hydrogen-bond acceptors (Lipinski definition) is 2. The predicted octanol–water partition coefficient (Wildman–Crippen LogP) is 3.02. The van der Waals surface area contributed by atoms with Crippen LogP contribution in [0.5, 0.6) is 0 Å². The van der Waals surface area contributed by atoms with Crippen molar-refractivity contribution in [1.82, 2.24) is 5.32 Å². The van der Waals surface area contributed by atoms with Crippen LogP contribution < -0.4 is 5.32 Å². The van der Waals surface area contributed by atoms with Crippen molar-refractivity contribution in [2.45, 2.75) is 43.9 Å². The minimum absolute atomic E-state index is 0.176. The van der Waals surface area contributed by atoms with Crippen LogP contribution in [0.15, 0.2) is 30.3 Å². The zero-order chi connectivity index (χ0) is 13.3. The molecule has 1 aromatic carbocycles. The fraction of sp³-hybridized carbons (Fsp3) is 0.562. The van der Waals surface area contributed by atoms with Crippen LogP contribution in [0, 0.1) is 5.41 Å². The van der Waals surface area contributed by atoms with Crippen LogP contribution in [-0.4, -0.2) is 23.0 Å². The lowest BCUT2D eigenvalue weighted by atomic mass is 9.72. The number of amides is 1. The van der Waals surface area contributed by atoms with Crippen molar-refractivity contribution in [2.24, 2.45) is 5.41 Å². The summed E-state index contributed by atoms with van der Waals surface area (Å²) in [5, 5.41) is 3.82. The molecular formula is C16H21NOS. The molecule has 0 bridgehead atoms. The fourth-order valence-electron chi connectivity index (χ4n) is 3.64. The largest absolute Gasteiger partial charge is 0.352 e. The molecule has 0 aliphatic carbocycles. The highest BCUT2D eigenvalue weighted by molar-refractivity contribution is 7.99. The summed E-state index contributed by atoms with van der Waals surface area (Å²) < 4.78 is 0. The van der Waals surface area contributed by atoms with Gasteiger partial charge in [0, 0.05) is 23.1 Å². The summed E-state index contributed by atoms with van der Waals surface area (Å²) in [5.74, 6) is 1.49. The second-order valence-electron chi connectivity index (χ2n) is 5.84. The number of carbonyl (C=O) groups is 1. The predicted molar refractivity (Wildman–Crippen MR) is 80.3 cm³/mol. The molecular weight excluding hydrogens is 254 g/mol. The summed E-state index contributed by atoms with van der Waals surface area (Å²) >= 11 is 2.04. The minimum atomic E-state index is 0.176. The fourth-order valence-corrected chi connectivity index (χ4v) is 5.00. The van der Waals surface area contributed by atoms with Crippen LogP contribution in [-0.2, 0) is 11.2 Å². The Labute approximate surface area is 119 Å². The van der Waals surface area contributed by atoms with Gasteiger partial charge in [0.05, 0.1) is 0 Å². The number of hydrogen-bond donors (Lipinski definition) is 1. The number of thioether (sulfide) groups is 1. The van der Waals surface area contributed by atoms with Gasteiger partial charge >= 0.3 is 0 Å². The average molecular weight is 275 g/mol. The molecule has 19 heavy (non-hydrogen) atoms. The van der Waals surface area contributed by atoms with E-state index in [-0.39, 0.29) is 11.3 Å². The summed E-state index contributed by atoms with van der Waals surface area (Å²) in [6, 6.07) is 10.9. The molecule has 3 unspecified atom stereocenters. The van der Waals surface area contributed by atoms with Gasteiger partial charge in [-0.3, -0.25) is 4.79 Å². The molecule has 102 valence electrons. The Balaban J connectivity index is 1.84. The first kappa shape index (κ1) is 13.0. The van der Waals surface area contributed by atoms with Gasteiger partial charge in [-0.2, -0.15) is 11.8 Å². The van der Waals surface area contributed by atoms with Crippen molar-refractivity contribution in [1.29, 1.82) is 0 Å². The maximum atomic E-state index is 11.9. The van der Waals surface area contributed by atoms with E-state index in [0.29, 0.717) is 11.3 Å². The van der Waals surface area contributed by atoms with E-state index in [9.17, 15) is 4.79 Å². The summed E-state index contributed by atoms with van der Waals surface area (Å²) in [7, 11) is 0. The topological polar surface area (TPSA) is 29.1 Å². The molecule has 2 fully saturated rings. The Kier molecular flexibility index (Phi) is 3.57. The molecule has 1 amide bonds. The minimum Gasteiger partial charge on any atom is -0.352 e. The first-order valence-corrected chi connectivity index (χ1v) is 8.20. The van der Waals surface area contributed by atoms with Crippen LogP contribution in [0.3, 0.4) is 0 Å². The van der Waals surface area contributed by atoms with Gasteiger partial charge in [0.25, 0.3) is 0 Å². The molecule has 2 aliphatic rings. The van der Waals surface area contributed by atoms with Crippen LogP contribution in [0.2, 0.25) is 0 Å². The molecule has 0 aromatic heterocycles. The van der Waals surface area contributed by atoms with Gasteiger partial charge in [0.1, 0.15) is 0 Å². The van der Waals surface area contributed by atoms with Crippen LogP contribution in [0.1, 0.15) is 31.7 Å². The van der Waals surface area contributed by atoms with Crippen molar-refractivity contribution in [2.75, 3.05) is 5.75 Å². The first-order valence-electron chi connectivity index (χ1n) is 7.16. The highest BCUT2D eigenvalue weighted by Crippen LogP contribution is 2.49. The van der Waals surface area contributed by atoms with Gasteiger partial charge in [-0.25, -0.2) is 0 Å². The lowest BCUT2D eigenvalue weighted by Crippen LogP contribution is -2.46. The van der Waals surface area contributed by atoms with Crippen molar-refractivity contribution >= 4 is 17.7 Å². The van der Waals surface area contributed by atoms with Gasteiger partial charge in [-0.05, 0) is 30.6 Å². The van der Waals surface area contributed by atoms with Crippen molar-refractivity contribution < 1.29 is 4.79 Å². The Bertz CT molecular complexity index is 461. The Morgan fingerprint density at radius 1 is 1.37 bits per heavy atom. The van der Waals surface area contributed by atoms with E-state index in [0.717, 1.165) is 12.8 Å². The molecule has 1 N–H and O–H groups in total. The molecule has 3 heteroatoms. The standard InChI is InChI=1S/C16H21NOS/c1-12-16(8-5-9-19-12)11-15(18)17-14(16)10-13-6-3-2-4-7-13/h2-4,6-7,12,14H,5,8-11H2,1H3,(H,17,18). The van der Waals surface area contributed by atoms with E-state index < -0.39 is 0 Å². The van der Waals surface area contributed by atoms with Gasteiger partial charge in [-0.1, -0.05) is 37.3 Å². The third-order valence-electron chi connectivity index (χ3n) is 4.77. The average Bonchev–Trinajstić information content (AvgIpc) is 2.72. The van der Waals surface area contributed by atoms with Crippen LogP contribution in [0.4, 0.5) is 0 Å². The summed E-state index contributed by atoms with van der Waals surface area (Å²) in [6.07, 6.45) is 4.13. The molecule has 0 saturated carbocycles. The third kappa shape index (κ3) is 2.40. The molecule has 3 atom stereocenters. The Morgan fingerprint density at radius 2 is 2.16 bits per heavy atom. The molecule has 2 nitrogen and oxygen atoms in total. The van der Waals surface area contributed by atoms with Crippen molar-refractivity contribution in [3.8, 4) is 0 Å². The highest BCUT2D eigenvalue weighted by Gasteiger charge is 2.51. The van der Waals surface area contributed by atoms with E-state index in [1.807, 2.05) is 17.8 Å². The number of nitrogens with one attached hydrogen (secondary N) is 1. The maximum Gasteiger partial charge on any atom is 0.220 e. The van der Waals surface area contributed by atoms with Gasteiger partial charge in [0.2, 0.25) is 5.91 Å². The van der Waals surface area contributed by atoms with Gasteiger partial charge < -0.3 is 5.32 Å². The zero-order valence-electron chi connectivity index (χ0n) is 11.4. The second-order valence-corrected chi connectivity index (χ2v) is 7.29. The summed E-state index contributed by atoms with van der Waals surface area (Å²) in [4.78, 5) is 11.9. The summed E-state index contributed by atoms with van der Waals surface area (Å²) in [6.45, 7) is 2.31. The lowest BCUT2D eigenvalue weighted by molar-refractivity contribution is -0.119. The second kappa shape index (κ2) is 5.20. The van der Waals surface area contributed by atoms with Crippen LogP contribution >= 0.6 is 11.8 Å². The molecule has 1 spiro atoms. The Hall–Kier alpha value is -0.960. The quantitative estimate of drug-likeness (QED) is 0.899. The van der Waals surface area contributed by atoms with E-state index in [4.69, 9.17) is 0 Å². The SMILES string of the molecule is CC1SCCCC12CC(=O)NC2Cc1ccccc1. The maximum absolute atomic E-state index is 11.9. The van der Waals surface area contributed by atoms with E-state index in [1.54, 1.807) is 0 Å². The van der Waals surface area contributed by atoms with Crippen molar-refractivity contribution in [3.05, 3.63) is 35.9 Å². The molecule has 2 saturated heterocycles. The van der Waals surface area contributed by atoms with E-state index in [2.05, 4.69) is 36.5 Å². The molecule has 0 radical (unpaired) electrons. The number of carbonyl (C=O) groups excluding carboxylic acids is 1.